The first-order valence-corrected chi connectivity index (χ1v) is 13.6. The molecule has 8 heteroatoms. The summed E-state index contributed by atoms with van der Waals surface area (Å²) in [5.74, 6) is -1.00. The zero-order chi connectivity index (χ0) is 24.6. The van der Waals surface area contributed by atoms with Crippen molar-refractivity contribution < 1.29 is 14.7 Å². The number of carbonyl (C=O) groups excluding carboxylic acids is 1. The number of nitrogens with zero attached hydrogens (tertiary/aromatic N) is 2. The highest BCUT2D eigenvalue weighted by Crippen LogP contribution is 2.34. The van der Waals surface area contributed by atoms with Crippen LogP contribution in [0.5, 0.6) is 0 Å². The van der Waals surface area contributed by atoms with E-state index in [2.05, 4.69) is 38.9 Å². The van der Waals surface area contributed by atoms with E-state index in [0.717, 1.165) is 44.2 Å². The molecule has 35 heavy (non-hydrogen) atoms. The van der Waals surface area contributed by atoms with Crippen LogP contribution in [0.25, 0.3) is 0 Å². The maximum atomic E-state index is 13.0. The molecule has 2 fully saturated rings. The van der Waals surface area contributed by atoms with E-state index in [1.807, 2.05) is 12.1 Å². The quantitative estimate of drug-likeness (QED) is 0.275. The molecule has 2 aliphatic carbocycles. The number of amides is 1. The van der Waals surface area contributed by atoms with Gasteiger partial charge in [-0.05, 0) is 61.5 Å². The number of aliphatic imine (C=N–C) groups is 1. The van der Waals surface area contributed by atoms with Crippen LogP contribution in [0.3, 0.4) is 0 Å². The average molecular weight is 497 g/mol. The van der Waals surface area contributed by atoms with E-state index in [1.54, 1.807) is 23.5 Å². The molecular weight excluding hydrogens is 460 g/mol. The molecule has 2 saturated carbocycles. The number of hydrazine groups is 1. The van der Waals surface area contributed by atoms with Crippen molar-refractivity contribution in [3.63, 3.8) is 0 Å². The Kier molecular flexibility index (Phi) is 8.93. The number of hydrogen-bond acceptors (Lipinski definition) is 6. The molecule has 188 valence electrons. The molecule has 1 heterocycles. The summed E-state index contributed by atoms with van der Waals surface area (Å²) in [7, 11) is 0. The number of carboxylic acid groups (broad SMARTS) is 1. The third-order valence-corrected chi connectivity index (χ3v) is 8.13. The number of rotatable bonds is 11. The van der Waals surface area contributed by atoms with E-state index in [-0.39, 0.29) is 5.91 Å². The van der Waals surface area contributed by atoms with Gasteiger partial charge in [0.1, 0.15) is 6.04 Å². The van der Waals surface area contributed by atoms with Crippen LogP contribution in [0.1, 0.15) is 79.4 Å². The normalized spacial score (nSPS) is 17.7. The molecule has 3 N–H and O–H groups in total. The van der Waals surface area contributed by atoms with Crippen LogP contribution in [-0.2, 0) is 11.3 Å². The molecule has 0 spiro atoms. The second-order valence-electron chi connectivity index (χ2n) is 9.69. The van der Waals surface area contributed by atoms with Crippen molar-refractivity contribution in [3.05, 3.63) is 46.2 Å². The molecule has 7 nitrogen and oxygen atoms in total. The molecule has 2 aliphatic rings. The first-order valence-electron chi connectivity index (χ1n) is 12.7. The van der Waals surface area contributed by atoms with Crippen molar-refractivity contribution in [1.82, 2.24) is 10.7 Å². The first kappa shape index (κ1) is 25.4. The maximum Gasteiger partial charge on any atom is 0.326 e. The number of benzene rings is 1. The van der Waals surface area contributed by atoms with Gasteiger partial charge >= 0.3 is 5.97 Å². The molecule has 1 aromatic heterocycles. The smallest absolute Gasteiger partial charge is 0.326 e. The van der Waals surface area contributed by atoms with Crippen LogP contribution in [0.15, 0.2) is 40.7 Å². The first-order chi connectivity index (χ1) is 17.0. The van der Waals surface area contributed by atoms with Gasteiger partial charge in [0.2, 0.25) is 0 Å². The highest BCUT2D eigenvalue weighted by atomic mass is 32.1. The van der Waals surface area contributed by atoms with Crippen LogP contribution in [-0.4, -0.2) is 35.8 Å². The van der Waals surface area contributed by atoms with Crippen LogP contribution < -0.4 is 15.8 Å². The lowest BCUT2D eigenvalue weighted by Crippen LogP contribution is -2.46. The maximum absolute atomic E-state index is 13.0. The van der Waals surface area contributed by atoms with Crippen LogP contribution in [0, 0.1) is 5.92 Å². The number of nitrogens with one attached hydrogen (secondary N) is 2. The Hall–Kier alpha value is -2.71. The van der Waals surface area contributed by atoms with Gasteiger partial charge in [0.15, 0.2) is 0 Å². The number of carbonyl (C=O) groups is 2. The fourth-order valence-electron chi connectivity index (χ4n) is 5.36. The molecule has 0 bridgehead atoms. The van der Waals surface area contributed by atoms with Crippen molar-refractivity contribution in [2.75, 3.05) is 5.01 Å². The van der Waals surface area contributed by atoms with E-state index in [4.69, 9.17) is 0 Å². The second-order valence-corrected chi connectivity index (χ2v) is 10.7. The fraction of sp³-hybridized carbons (Fsp3) is 0.519. The highest BCUT2D eigenvalue weighted by molar-refractivity contribution is 7.09. The van der Waals surface area contributed by atoms with Crippen molar-refractivity contribution in [1.29, 1.82) is 0 Å². The lowest BCUT2D eigenvalue weighted by Gasteiger charge is -2.37. The summed E-state index contributed by atoms with van der Waals surface area (Å²) >= 11 is 1.72. The number of hydrogen-bond donors (Lipinski definition) is 3. The second kappa shape index (κ2) is 12.3. The molecule has 0 aliphatic heterocycles. The van der Waals surface area contributed by atoms with Crippen LogP contribution in [0.4, 0.5) is 11.4 Å². The Bertz CT molecular complexity index is 998. The van der Waals surface area contributed by atoms with Gasteiger partial charge in [-0.2, -0.15) is 0 Å². The Morgan fingerprint density at radius 3 is 2.51 bits per heavy atom. The van der Waals surface area contributed by atoms with Gasteiger partial charge < -0.3 is 15.4 Å². The van der Waals surface area contributed by atoms with E-state index in [0.29, 0.717) is 36.2 Å². The highest BCUT2D eigenvalue weighted by Gasteiger charge is 2.28. The summed E-state index contributed by atoms with van der Waals surface area (Å²) in [5.41, 5.74) is 5.50. The number of anilines is 1. The van der Waals surface area contributed by atoms with Gasteiger partial charge in [-0.25, -0.2) is 10.2 Å². The van der Waals surface area contributed by atoms with Crippen LogP contribution >= 0.6 is 11.3 Å². The van der Waals surface area contributed by atoms with Crippen molar-refractivity contribution >= 4 is 41.3 Å². The Morgan fingerprint density at radius 2 is 1.86 bits per heavy atom. The lowest BCUT2D eigenvalue weighted by molar-refractivity contribution is -0.139. The van der Waals surface area contributed by atoms with Crippen molar-refractivity contribution in [3.8, 4) is 0 Å². The van der Waals surface area contributed by atoms with Gasteiger partial charge in [0.25, 0.3) is 5.91 Å². The topological polar surface area (TPSA) is 94.0 Å². The molecule has 1 unspecified atom stereocenters. The molecule has 1 atom stereocenters. The zero-order valence-electron chi connectivity index (χ0n) is 20.2. The molecule has 1 amide bonds. The molecule has 4 rings (SSSR count). The minimum absolute atomic E-state index is 0.340. The van der Waals surface area contributed by atoms with Crippen molar-refractivity contribution in [2.45, 2.75) is 82.8 Å². The molecule has 1 aromatic carbocycles. The standard InChI is InChI=1S/C27H36N4O3S/c1-28-23-17-20(26(32)30-24(27(33)34)16-19-8-5-6-9-19)13-14-25(23)31(21-10-3-2-4-11-21)29-18-22-12-7-15-35-22/h7,12-15,17,19,21,24,29H,1-6,8-11,16,18H2,(H,30,32)(H,33,34). The average Bonchev–Trinajstić information content (AvgIpc) is 3.59. The predicted molar refractivity (Wildman–Crippen MR) is 142 cm³/mol. The molecule has 2 aromatic rings. The van der Waals surface area contributed by atoms with E-state index in [9.17, 15) is 14.7 Å². The van der Waals surface area contributed by atoms with E-state index in [1.165, 1.54) is 24.1 Å². The lowest BCUT2D eigenvalue weighted by atomic mass is 9.94. The van der Waals surface area contributed by atoms with Gasteiger partial charge in [-0.3, -0.25) is 9.79 Å². The van der Waals surface area contributed by atoms with E-state index < -0.39 is 12.0 Å². The van der Waals surface area contributed by atoms with Gasteiger partial charge in [0, 0.05) is 23.0 Å². The Labute approximate surface area is 211 Å². The molecule has 0 saturated heterocycles. The fourth-order valence-corrected chi connectivity index (χ4v) is 6.00. The summed E-state index contributed by atoms with van der Waals surface area (Å²) < 4.78 is 0. The van der Waals surface area contributed by atoms with Gasteiger partial charge in [-0.1, -0.05) is 51.0 Å². The largest absolute Gasteiger partial charge is 0.480 e. The van der Waals surface area contributed by atoms with Gasteiger partial charge in [0.05, 0.1) is 11.4 Å². The van der Waals surface area contributed by atoms with Gasteiger partial charge in [-0.15, -0.1) is 11.3 Å². The Morgan fingerprint density at radius 1 is 1.11 bits per heavy atom. The summed E-state index contributed by atoms with van der Waals surface area (Å²) in [5, 5.41) is 16.7. The predicted octanol–water partition coefficient (Wildman–Crippen LogP) is 5.69. The summed E-state index contributed by atoms with van der Waals surface area (Å²) in [6.45, 7) is 4.48. The number of thiophene rings is 1. The third kappa shape index (κ3) is 6.70. The Balaban J connectivity index is 1.51. The number of aliphatic carboxylic acids is 1. The minimum atomic E-state index is -0.981. The molecule has 0 radical (unpaired) electrons. The zero-order valence-corrected chi connectivity index (χ0v) is 21.1. The molecular formula is C27H36N4O3S. The minimum Gasteiger partial charge on any atom is -0.480 e. The van der Waals surface area contributed by atoms with Crippen molar-refractivity contribution in [2.24, 2.45) is 10.9 Å². The third-order valence-electron chi connectivity index (χ3n) is 7.26. The van der Waals surface area contributed by atoms with Crippen LogP contribution in [0.2, 0.25) is 0 Å². The summed E-state index contributed by atoms with van der Waals surface area (Å²) in [4.78, 5) is 30.3. The summed E-state index contributed by atoms with van der Waals surface area (Å²) in [6, 6.07) is 9.01. The summed E-state index contributed by atoms with van der Waals surface area (Å²) in [6.07, 6.45) is 10.7. The SMILES string of the molecule is C=Nc1cc(C(=O)NC(CC2CCCC2)C(=O)O)ccc1N(NCc1cccs1)C1CCCCC1. The monoisotopic (exact) mass is 496 g/mol. The van der Waals surface area contributed by atoms with E-state index >= 15 is 0 Å². The number of carboxylic acids is 1.